The molecule has 2 aromatic rings. The molecule has 2 N–H and O–H groups in total. The van der Waals surface area contributed by atoms with Crippen LogP contribution in [0.25, 0.3) is 0 Å². The molecule has 2 fully saturated rings. The third-order valence-electron chi connectivity index (χ3n) is 6.60. The highest BCUT2D eigenvalue weighted by Gasteiger charge is 2.42. The molecule has 0 radical (unpaired) electrons. The van der Waals surface area contributed by atoms with E-state index in [1.165, 1.54) is 12.1 Å². The Morgan fingerprint density at radius 1 is 1.23 bits per heavy atom. The molecule has 0 spiro atoms. The first kappa shape index (κ1) is 20.4. The highest BCUT2D eigenvalue weighted by molar-refractivity contribution is 5.93. The van der Waals surface area contributed by atoms with Gasteiger partial charge in [-0.1, -0.05) is 12.1 Å². The molecule has 0 bridgehead atoms. The van der Waals surface area contributed by atoms with Crippen LogP contribution in [0.3, 0.4) is 0 Å². The van der Waals surface area contributed by atoms with Crippen molar-refractivity contribution >= 4 is 5.91 Å². The Hall–Kier alpha value is -2.49. The fraction of sp³-hybridized carbons (Fsp3) is 0.545. The maximum Gasteiger partial charge on any atom is 0.273 e. The minimum atomic E-state index is -0.268. The average molecular weight is 429 g/mol. The van der Waals surface area contributed by atoms with Gasteiger partial charge in [-0.05, 0) is 30.5 Å². The van der Waals surface area contributed by atoms with Crippen LogP contribution in [0.15, 0.2) is 30.5 Å². The molecule has 3 aliphatic heterocycles. The molecule has 0 aliphatic carbocycles. The Bertz CT molecular complexity index is 928. The van der Waals surface area contributed by atoms with Crippen LogP contribution in [0.5, 0.6) is 0 Å². The van der Waals surface area contributed by atoms with Gasteiger partial charge in [0.25, 0.3) is 5.91 Å². The Morgan fingerprint density at radius 2 is 2.00 bits per heavy atom. The number of fused-ring (bicyclic) bond motifs is 1. The summed E-state index contributed by atoms with van der Waals surface area (Å²) in [5, 5.41) is 3.10. The van der Waals surface area contributed by atoms with Gasteiger partial charge in [-0.3, -0.25) is 9.69 Å². The molecule has 1 aromatic carbocycles. The molecule has 3 aliphatic rings. The number of ether oxygens (including phenoxy) is 2. The van der Waals surface area contributed by atoms with Gasteiger partial charge in [-0.25, -0.2) is 14.1 Å². The zero-order chi connectivity index (χ0) is 21.4. The summed E-state index contributed by atoms with van der Waals surface area (Å²) in [6.07, 6.45) is 3.15. The second kappa shape index (κ2) is 8.57. The van der Waals surface area contributed by atoms with E-state index >= 15 is 0 Å². The van der Waals surface area contributed by atoms with Crippen molar-refractivity contribution in [2.75, 3.05) is 38.8 Å². The lowest BCUT2D eigenvalue weighted by atomic mass is 9.99. The Balaban J connectivity index is 1.32. The second-order valence-electron chi connectivity index (χ2n) is 8.56. The van der Waals surface area contributed by atoms with E-state index in [2.05, 4.69) is 20.6 Å². The summed E-state index contributed by atoms with van der Waals surface area (Å²) < 4.78 is 26.4. The molecule has 2 saturated heterocycles. The fourth-order valence-electron chi connectivity index (χ4n) is 4.92. The zero-order valence-electron chi connectivity index (χ0n) is 17.6. The SMILES string of the molecule is COC1CN(Cc2ccc(F)cc2)CC1C1NC(=O)c2cnc(C3CCOCC3)n2N1. The summed E-state index contributed by atoms with van der Waals surface area (Å²) in [4.78, 5) is 19.7. The first-order valence-electron chi connectivity index (χ1n) is 10.8. The molecular formula is C22H28FN5O3. The van der Waals surface area contributed by atoms with Gasteiger partial charge in [0.2, 0.25) is 0 Å². The topological polar surface area (TPSA) is 80.7 Å². The van der Waals surface area contributed by atoms with Gasteiger partial charge < -0.3 is 20.2 Å². The van der Waals surface area contributed by atoms with Crippen molar-refractivity contribution in [3.05, 3.63) is 53.4 Å². The van der Waals surface area contributed by atoms with Crippen LogP contribution in [-0.2, 0) is 16.0 Å². The lowest BCUT2D eigenvalue weighted by molar-refractivity contribution is 0.0605. The number of carbonyl (C=O) groups is 1. The quantitative estimate of drug-likeness (QED) is 0.753. The Kier molecular flexibility index (Phi) is 5.64. The van der Waals surface area contributed by atoms with Crippen LogP contribution >= 0.6 is 0 Å². The van der Waals surface area contributed by atoms with E-state index in [0.717, 1.165) is 50.5 Å². The highest BCUT2D eigenvalue weighted by Crippen LogP contribution is 2.30. The van der Waals surface area contributed by atoms with Crippen LogP contribution in [0.1, 0.15) is 40.6 Å². The number of nitrogens with zero attached hydrogens (tertiary/aromatic N) is 3. The third-order valence-corrected chi connectivity index (χ3v) is 6.60. The maximum atomic E-state index is 13.2. The summed E-state index contributed by atoms with van der Waals surface area (Å²) in [6.45, 7) is 3.64. The van der Waals surface area contributed by atoms with Crippen LogP contribution in [0.4, 0.5) is 4.39 Å². The largest absolute Gasteiger partial charge is 0.381 e. The van der Waals surface area contributed by atoms with Crippen molar-refractivity contribution in [2.24, 2.45) is 5.92 Å². The normalized spacial score (nSPS) is 27.0. The molecule has 1 amide bonds. The van der Waals surface area contributed by atoms with Crippen molar-refractivity contribution < 1.29 is 18.7 Å². The molecule has 31 heavy (non-hydrogen) atoms. The molecule has 1 aromatic heterocycles. The van der Waals surface area contributed by atoms with Gasteiger partial charge >= 0.3 is 0 Å². The predicted octanol–water partition coefficient (Wildman–Crippen LogP) is 1.68. The number of hydrogen-bond donors (Lipinski definition) is 2. The number of nitrogens with one attached hydrogen (secondary N) is 2. The van der Waals surface area contributed by atoms with Gasteiger partial charge in [0.15, 0.2) is 0 Å². The van der Waals surface area contributed by atoms with Crippen LogP contribution in [-0.4, -0.2) is 66.1 Å². The molecule has 3 unspecified atom stereocenters. The second-order valence-corrected chi connectivity index (χ2v) is 8.56. The smallest absolute Gasteiger partial charge is 0.273 e. The standard InChI is InChI=1S/C22H28FN5O3/c1-30-19-13-27(11-14-2-4-16(23)5-3-14)12-17(19)20-25-22(29)18-10-24-21(28(18)26-20)15-6-8-31-9-7-15/h2-5,10,15,17,19-20,26H,6-9,11-13H2,1H3,(H,25,29). The molecule has 0 saturated carbocycles. The van der Waals surface area contributed by atoms with Gasteiger partial charge in [-0.2, -0.15) is 0 Å². The molecule has 4 heterocycles. The lowest BCUT2D eigenvalue weighted by Crippen LogP contribution is -2.57. The monoisotopic (exact) mass is 429 g/mol. The van der Waals surface area contributed by atoms with Gasteiger partial charge in [0.1, 0.15) is 23.5 Å². The number of hydrogen-bond acceptors (Lipinski definition) is 6. The number of rotatable bonds is 5. The summed E-state index contributed by atoms with van der Waals surface area (Å²) >= 11 is 0. The number of benzene rings is 1. The van der Waals surface area contributed by atoms with E-state index in [4.69, 9.17) is 9.47 Å². The van der Waals surface area contributed by atoms with Gasteiger partial charge in [0.05, 0.1) is 12.3 Å². The molecular weight excluding hydrogens is 401 g/mol. The molecule has 3 atom stereocenters. The van der Waals surface area contributed by atoms with Crippen LogP contribution in [0.2, 0.25) is 0 Å². The summed E-state index contributed by atoms with van der Waals surface area (Å²) in [6, 6.07) is 6.59. The van der Waals surface area contributed by atoms with E-state index in [9.17, 15) is 9.18 Å². The van der Waals surface area contributed by atoms with Crippen LogP contribution < -0.4 is 10.7 Å². The first-order chi connectivity index (χ1) is 15.1. The number of methoxy groups -OCH3 is 1. The van der Waals surface area contributed by atoms with E-state index in [-0.39, 0.29) is 35.8 Å². The van der Waals surface area contributed by atoms with E-state index in [0.29, 0.717) is 12.2 Å². The molecule has 8 nitrogen and oxygen atoms in total. The van der Waals surface area contributed by atoms with Crippen molar-refractivity contribution in [1.82, 2.24) is 19.9 Å². The molecule has 166 valence electrons. The van der Waals surface area contributed by atoms with Crippen molar-refractivity contribution in [3.63, 3.8) is 0 Å². The summed E-state index contributed by atoms with van der Waals surface area (Å²) in [7, 11) is 1.71. The fourth-order valence-corrected chi connectivity index (χ4v) is 4.92. The van der Waals surface area contributed by atoms with Gasteiger partial charge in [-0.15, -0.1) is 0 Å². The van der Waals surface area contributed by atoms with Crippen molar-refractivity contribution in [2.45, 2.75) is 37.6 Å². The maximum absolute atomic E-state index is 13.2. The number of halogens is 1. The number of aromatic nitrogens is 2. The van der Waals surface area contributed by atoms with Crippen LogP contribution in [0, 0.1) is 11.7 Å². The highest BCUT2D eigenvalue weighted by atomic mass is 19.1. The average Bonchev–Trinajstić information content (AvgIpc) is 3.40. The van der Waals surface area contributed by atoms with Gasteiger partial charge in [0, 0.05) is 51.8 Å². The minimum Gasteiger partial charge on any atom is -0.381 e. The number of likely N-dealkylation sites (tertiary alicyclic amines) is 1. The first-order valence-corrected chi connectivity index (χ1v) is 10.8. The molecule has 5 rings (SSSR count). The third kappa shape index (κ3) is 4.05. The summed E-state index contributed by atoms with van der Waals surface area (Å²) in [5.41, 5.74) is 5.08. The van der Waals surface area contributed by atoms with Crippen molar-refractivity contribution in [1.29, 1.82) is 0 Å². The molecule has 9 heteroatoms. The van der Waals surface area contributed by atoms with E-state index in [1.54, 1.807) is 13.3 Å². The summed E-state index contributed by atoms with van der Waals surface area (Å²) in [5.74, 6) is 0.879. The van der Waals surface area contributed by atoms with E-state index < -0.39 is 0 Å². The predicted molar refractivity (Wildman–Crippen MR) is 112 cm³/mol. The number of imidazole rings is 1. The van der Waals surface area contributed by atoms with E-state index in [1.807, 2.05) is 16.8 Å². The Labute approximate surface area is 180 Å². The Morgan fingerprint density at radius 3 is 2.74 bits per heavy atom. The zero-order valence-corrected chi connectivity index (χ0v) is 17.6. The number of amides is 1. The van der Waals surface area contributed by atoms with Crippen molar-refractivity contribution in [3.8, 4) is 0 Å². The lowest BCUT2D eigenvalue weighted by Gasteiger charge is -2.35. The minimum absolute atomic E-state index is 0.0325. The number of carbonyl (C=O) groups excluding carboxylic acids is 1.